The first kappa shape index (κ1) is 22.4. The van der Waals surface area contributed by atoms with Crippen LogP contribution in [0.2, 0.25) is 0 Å². The van der Waals surface area contributed by atoms with E-state index in [9.17, 15) is 9.59 Å². The lowest BCUT2D eigenvalue weighted by atomic mass is 10.0. The summed E-state index contributed by atoms with van der Waals surface area (Å²) in [6.45, 7) is 0. The predicted octanol–water partition coefficient (Wildman–Crippen LogP) is 5.01. The monoisotopic (exact) mass is 470 g/mol. The fourth-order valence-corrected chi connectivity index (χ4v) is 4.63. The van der Waals surface area contributed by atoms with Crippen LogP contribution in [-0.4, -0.2) is 33.5 Å². The van der Waals surface area contributed by atoms with E-state index >= 15 is 0 Å². The molecule has 1 aliphatic carbocycles. The van der Waals surface area contributed by atoms with Crippen LogP contribution in [0.3, 0.4) is 0 Å². The first-order valence-electron chi connectivity index (χ1n) is 11.5. The molecule has 178 valence electrons. The number of fused-ring (bicyclic) bond motifs is 1. The smallest absolute Gasteiger partial charge is 0.323 e. The molecule has 1 aliphatic rings. The molecule has 0 atom stereocenters. The van der Waals surface area contributed by atoms with Crippen LogP contribution in [0.5, 0.6) is 5.75 Å². The quantitative estimate of drug-likeness (QED) is 0.340. The van der Waals surface area contributed by atoms with Gasteiger partial charge in [-0.25, -0.2) is 14.8 Å². The predicted molar refractivity (Wildman–Crippen MR) is 135 cm³/mol. The second-order valence-corrected chi connectivity index (χ2v) is 8.57. The summed E-state index contributed by atoms with van der Waals surface area (Å²) in [5, 5.41) is 6.10. The zero-order chi connectivity index (χ0) is 24.4. The number of hydrogen-bond acceptors (Lipinski definition) is 6. The number of carbonyl (C=O) groups is 2. The molecule has 0 aliphatic heterocycles. The zero-order valence-electron chi connectivity index (χ0n) is 19.3. The number of urea groups is 1. The second kappa shape index (κ2) is 9.46. The third-order valence-electron chi connectivity index (χ3n) is 6.31. The number of nitrogens with one attached hydrogen (secondary N) is 2. The van der Waals surface area contributed by atoms with Crippen molar-refractivity contribution in [1.29, 1.82) is 0 Å². The van der Waals surface area contributed by atoms with Crippen molar-refractivity contribution in [3.8, 4) is 5.75 Å². The minimum absolute atomic E-state index is 0.204. The van der Waals surface area contributed by atoms with Gasteiger partial charge in [-0.1, -0.05) is 31.0 Å². The topological polar surface area (TPSA) is 124 Å². The number of nitrogen functional groups attached to an aromatic ring is 1. The molecular formula is C26H26N6O3. The minimum atomic E-state index is -0.432. The molecule has 0 saturated heterocycles. The summed E-state index contributed by atoms with van der Waals surface area (Å²) in [5.74, 6) is 0.711. The van der Waals surface area contributed by atoms with Crippen molar-refractivity contribution in [2.45, 2.75) is 31.7 Å². The number of nitrogens with zero attached hydrogens (tertiary/aromatic N) is 3. The normalized spacial score (nSPS) is 13.6. The Morgan fingerprint density at radius 1 is 1.03 bits per heavy atom. The van der Waals surface area contributed by atoms with Crippen molar-refractivity contribution in [2.75, 3.05) is 23.5 Å². The maximum absolute atomic E-state index is 13.6. The number of ether oxygens (including phenoxy) is 1. The van der Waals surface area contributed by atoms with Crippen LogP contribution in [0.15, 0.2) is 61.1 Å². The van der Waals surface area contributed by atoms with E-state index < -0.39 is 6.03 Å². The molecule has 35 heavy (non-hydrogen) atoms. The summed E-state index contributed by atoms with van der Waals surface area (Å²) in [4.78, 5) is 34.6. The number of anilines is 3. The van der Waals surface area contributed by atoms with Crippen molar-refractivity contribution < 1.29 is 14.3 Å². The van der Waals surface area contributed by atoms with Gasteiger partial charge >= 0.3 is 6.03 Å². The van der Waals surface area contributed by atoms with Crippen molar-refractivity contribution in [2.24, 2.45) is 0 Å². The zero-order valence-corrected chi connectivity index (χ0v) is 19.3. The van der Waals surface area contributed by atoms with Crippen molar-refractivity contribution >= 4 is 40.0 Å². The van der Waals surface area contributed by atoms with E-state index in [1.165, 1.54) is 6.33 Å². The van der Waals surface area contributed by atoms with Gasteiger partial charge in [-0.05, 0) is 37.1 Å². The van der Waals surface area contributed by atoms with E-state index in [1.807, 2.05) is 6.20 Å². The maximum Gasteiger partial charge on any atom is 0.323 e. The lowest BCUT2D eigenvalue weighted by Crippen LogP contribution is -2.19. The van der Waals surface area contributed by atoms with E-state index in [-0.39, 0.29) is 11.6 Å². The molecule has 1 saturated carbocycles. The Morgan fingerprint density at radius 2 is 1.74 bits per heavy atom. The van der Waals surface area contributed by atoms with Gasteiger partial charge in [0, 0.05) is 35.2 Å². The molecule has 0 bridgehead atoms. The van der Waals surface area contributed by atoms with Gasteiger partial charge in [-0.15, -0.1) is 0 Å². The van der Waals surface area contributed by atoms with Gasteiger partial charge in [-0.2, -0.15) is 0 Å². The van der Waals surface area contributed by atoms with Gasteiger partial charge in [-0.3, -0.25) is 4.79 Å². The lowest BCUT2D eigenvalue weighted by Gasteiger charge is -2.12. The molecular weight excluding hydrogens is 444 g/mol. The van der Waals surface area contributed by atoms with Gasteiger partial charge in [0.25, 0.3) is 0 Å². The second-order valence-electron chi connectivity index (χ2n) is 8.57. The summed E-state index contributed by atoms with van der Waals surface area (Å²) in [6, 6.07) is 13.7. The molecule has 2 amide bonds. The number of nitrogens with two attached hydrogens (primary N) is 1. The van der Waals surface area contributed by atoms with Gasteiger partial charge in [0.2, 0.25) is 0 Å². The molecule has 0 radical (unpaired) electrons. The number of carbonyl (C=O) groups excluding carboxylic acids is 2. The van der Waals surface area contributed by atoms with E-state index in [2.05, 4.69) is 25.2 Å². The molecule has 9 nitrogen and oxygen atoms in total. The van der Waals surface area contributed by atoms with Gasteiger partial charge < -0.3 is 25.7 Å². The summed E-state index contributed by atoms with van der Waals surface area (Å²) >= 11 is 0. The average molecular weight is 471 g/mol. The lowest BCUT2D eigenvalue weighted by molar-refractivity contribution is 0.104. The average Bonchev–Trinajstić information content (AvgIpc) is 3.52. The summed E-state index contributed by atoms with van der Waals surface area (Å²) < 4.78 is 7.25. The Morgan fingerprint density at radius 3 is 2.49 bits per heavy atom. The molecule has 0 unspecified atom stereocenters. The van der Waals surface area contributed by atoms with Crippen molar-refractivity contribution in [3.05, 3.63) is 72.2 Å². The molecule has 5 rings (SSSR count). The molecule has 1 fully saturated rings. The highest BCUT2D eigenvalue weighted by atomic mass is 16.5. The number of aromatic nitrogens is 3. The maximum atomic E-state index is 13.6. The molecule has 4 N–H and O–H groups in total. The Labute approximate surface area is 202 Å². The molecule has 0 spiro atoms. The Balaban J connectivity index is 1.40. The Kier molecular flexibility index (Phi) is 6.05. The number of hydrogen-bond donors (Lipinski definition) is 3. The summed E-state index contributed by atoms with van der Waals surface area (Å²) in [7, 11) is 1.56. The molecule has 2 heterocycles. The Hall–Kier alpha value is -4.40. The van der Waals surface area contributed by atoms with Crippen LogP contribution >= 0.6 is 0 Å². The minimum Gasteiger partial charge on any atom is -0.497 e. The fraction of sp³-hybridized carbons (Fsp3) is 0.231. The molecule has 2 aromatic heterocycles. The van der Waals surface area contributed by atoms with Crippen LogP contribution in [0, 0.1) is 0 Å². The third-order valence-corrected chi connectivity index (χ3v) is 6.31. The number of amides is 2. The van der Waals surface area contributed by atoms with Crippen molar-refractivity contribution in [3.63, 3.8) is 0 Å². The highest BCUT2D eigenvalue weighted by Gasteiger charge is 2.25. The van der Waals surface area contributed by atoms with Gasteiger partial charge in [0.15, 0.2) is 5.78 Å². The number of ketones is 1. The van der Waals surface area contributed by atoms with Gasteiger partial charge in [0.05, 0.1) is 18.1 Å². The van der Waals surface area contributed by atoms with Crippen LogP contribution < -0.4 is 21.1 Å². The standard InChI is InChI=1S/C26H26N6O3/c1-35-20-11-5-8-18(13-20)31-26(34)30-17-7-4-6-16(12-17)23(33)21-14-32(19-9-2-3-10-19)25-22(21)24(27)28-15-29-25/h4-8,11-15,19H,2-3,9-10H2,1H3,(H2,27,28,29)(H2,30,31,34). The van der Waals surface area contributed by atoms with Gasteiger partial charge in [0.1, 0.15) is 23.5 Å². The number of benzene rings is 2. The van der Waals surface area contributed by atoms with E-state index in [1.54, 1.807) is 55.6 Å². The number of rotatable bonds is 6. The first-order chi connectivity index (χ1) is 17.0. The van der Waals surface area contributed by atoms with Crippen LogP contribution in [0.25, 0.3) is 11.0 Å². The Bertz CT molecular complexity index is 1410. The number of methoxy groups -OCH3 is 1. The van der Waals surface area contributed by atoms with E-state index in [0.29, 0.717) is 45.3 Å². The first-order valence-corrected chi connectivity index (χ1v) is 11.5. The SMILES string of the molecule is COc1cccc(NC(=O)Nc2cccc(C(=O)c3cn(C4CCCC4)c4ncnc(N)c34)c2)c1. The molecule has 9 heteroatoms. The molecule has 4 aromatic rings. The van der Waals surface area contributed by atoms with Crippen LogP contribution in [0.1, 0.15) is 47.6 Å². The van der Waals surface area contributed by atoms with Crippen LogP contribution in [0.4, 0.5) is 22.0 Å². The fourth-order valence-electron chi connectivity index (χ4n) is 4.63. The van der Waals surface area contributed by atoms with Crippen LogP contribution in [-0.2, 0) is 0 Å². The third kappa shape index (κ3) is 4.52. The largest absolute Gasteiger partial charge is 0.497 e. The van der Waals surface area contributed by atoms with E-state index in [4.69, 9.17) is 10.5 Å². The van der Waals surface area contributed by atoms with E-state index in [0.717, 1.165) is 25.7 Å². The summed E-state index contributed by atoms with van der Waals surface area (Å²) in [5.41, 5.74) is 8.83. The highest BCUT2D eigenvalue weighted by molar-refractivity contribution is 6.18. The highest BCUT2D eigenvalue weighted by Crippen LogP contribution is 2.35. The molecule has 2 aromatic carbocycles. The summed E-state index contributed by atoms with van der Waals surface area (Å²) in [6.07, 6.45) is 7.68. The van der Waals surface area contributed by atoms with Crippen molar-refractivity contribution in [1.82, 2.24) is 14.5 Å².